The number of aromatic amines is 1. The smallest absolute Gasteiger partial charge is 0.326 e. The lowest BCUT2D eigenvalue weighted by Crippen LogP contribution is -2.43. The standard InChI is InChI=1S/C22H24F2N8O2/c1-10(33)19-27-7-12(8-28-19)34-22-30-20-16(21(31-22)32-5-3-4-11(25)9-32)15-17(24)13(23)6-14(26-2)18(15)29-20/h6-8,10-11,26,33H,3-5,9,25H2,1-2H3,(H,29,30,31)/t10-,11-/m0/s1. The van der Waals surface area contributed by atoms with Crippen molar-refractivity contribution in [3.05, 3.63) is 35.9 Å². The van der Waals surface area contributed by atoms with Gasteiger partial charge in [0.05, 0.1) is 34.4 Å². The second-order valence-corrected chi connectivity index (χ2v) is 8.30. The number of nitrogens with two attached hydrogens (primary N) is 1. The molecule has 178 valence electrons. The van der Waals surface area contributed by atoms with E-state index in [1.165, 1.54) is 12.4 Å². The Morgan fingerprint density at radius 2 is 2.03 bits per heavy atom. The van der Waals surface area contributed by atoms with E-state index in [4.69, 9.17) is 10.5 Å². The highest BCUT2D eigenvalue weighted by molar-refractivity contribution is 6.15. The molecule has 1 aromatic carbocycles. The van der Waals surface area contributed by atoms with E-state index < -0.39 is 17.7 Å². The summed E-state index contributed by atoms with van der Waals surface area (Å²) >= 11 is 0. The van der Waals surface area contributed by atoms with Crippen LogP contribution >= 0.6 is 0 Å². The van der Waals surface area contributed by atoms with Crippen molar-refractivity contribution in [1.29, 1.82) is 0 Å². The molecule has 0 saturated carbocycles. The van der Waals surface area contributed by atoms with E-state index in [1.54, 1.807) is 14.0 Å². The summed E-state index contributed by atoms with van der Waals surface area (Å²) in [6, 6.07) is 0.993. The number of halogens is 2. The number of nitrogens with one attached hydrogen (secondary N) is 2. The molecule has 0 unspecified atom stereocenters. The summed E-state index contributed by atoms with van der Waals surface area (Å²) in [7, 11) is 1.62. The van der Waals surface area contributed by atoms with Crippen molar-refractivity contribution in [2.45, 2.75) is 31.9 Å². The Morgan fingerprint density at radius 3 is 2.71 bits per heavy atom. The predicted molar refractivity (Wildman–Crippen MR) is 123 cm³/mol. The number of ether oxygens (including phenoxy) is 1. The van der Waals surface area contributed by atoms with Gasteiger partial charge in [0.1, 0.15) is 17.6 Å². The molecule has 2 atom stereocenters. The predicted octanol–water partition coefficient (Wildman–Crippen LogP) is 2.99. The van der Waals surface area contributed by atoms with Crippen LogP contribution in [-0.2, 0) is 0 Å². The maximum absolute atomic E-state index is 15.1. The molecule has 0 aliphatic carbocycles. The van der Waals surface area contributed by atoms with Crippen LogP contribution in [0.3, 0.4) is 0 Å². The van der Waals surface area contributed by atoms with Gasteiger partial charge in [-0.25, -0.2) is 18.7 Å². The van der Waals surface area contributed by atoms with Gasteiger partial charge in [0.15, 0.2) is 23.2 Å². The topological polar surface area (TPSA) is 138 Å². The van der Waals surface area contributed by atoms with Crippen LogP contribution in [0.5, 0.6) is 11.8 Å². The number of benzene rings is 1. The molecule has 0 bridgehead atoms. The Morgan fingerprint density at radius 1 is 1.26 bits per heavy atom. The second-order valence-electron chi connectivity index (χ2n) is 8.30. The zero-order valence-corrected chi connectivity index (χ0v) is 18.6. The lowest BCUT2D eigenvalue weighted by Gasteiger charge is -2.32. The lowest BCUT2D eigenvalue weighted by molar-refractivity contribution is 0.188. The molecule has 4 heterocycles. The van der Waals surface area contributed by atoms with Crippen molar-refractivity contribution in [2.75, 3.05) is 30.4 Å². The number of hydrogen-bond donors (Lipinski definition) is 4. The molecule has 0 amide bonds. The fraction of sp³-hybridized carbons (Fsp3) is 0.364. The minimum Gasteiger partial charge on any atom is -0.421 e. The van der Waals surface area contributed by atoms with Crippen LogP contribution in [0.25, 0.3) is 21.9 Å². The summed E-state index contributed by atoms with van der Waals surface area (Å²) in [6.45, 7) is 2.70. The van der Waals surface area contributed by atoms with E-state index in [9.17, 15) is 9.50 Å². The molecule has 1 aliphatic rings. The molecule has 10 nitrogen and oxygen atoms in total. The van der Waals surface area contributed by atoms with Gasteiger partial charge in [0.2, 0.25) is 0 Å². The molecular formula is C22H24F2N8O2. The molecule has 0 spiro atoms. The van der Waals surface area contributed by atoms with Gasteiger partial charge in [0.25, 0.3) is 0 Å². The van der Waals surface area contributed by atoms with Gasteiger partial charge in [-0.2, -0.15) is 9.97 Å². The monoisotopic (exact) mass is 470 g/mol. The zero-order chi connectivity index (χ0) is 24.0. The first kappa shape index (κ1) is 22.2. The zero-order valence-electron chi connectivity index (χ0n) is 18.6. The molecule has 5 N–H and O–H groups in total. The van der Waals surface area contributed by atoms with Crippen LogP contribution in [0, 0.1) is 11.6 Å². The Hall–Kier alpha value is -3.64. The highest BCUT2D eigenvalue weighted by Gasteiger charge is 2.27. The van der Waals surface area contributed by atoms with E-state index in [2.05, 4.69) is 30.2 Å². The Labute approximate surface area is 193 Å². The summed E-state index contributed by atoms with van der Waals surface area (Å²) in [5.74, 6) is -1.06. The van der Waals surface area contributed by atoms with Crippen molar-refractivity contribution in [3.8, 4) is 11.8 Å². The van der Waals surface area contributed by atoms with Crippen LogP contribution in [-0.4, -0.2) is 56.2 Å². The number of aliphatic hydroxyl groups is 1. The van der Waals surface area contributed by atoms with Gasteiger partial charge in [-0.3, -0.25) is 0 Å². The van der Waals surface area contributed by atoms with Gasteiger partial charge >= 0.3 is 6.01 Å². The van der Waals surface area contributed by atoms with Crippen LogP contribution in [0.4, 0.5) is 20.3 Å². The molecule has 5 rings (SSSR count). The van der Waals surface area contributed by atoms with Crippen LogP contribution in [0.1, 0.15) is 31.7 Å². The molecule has 1 saturated heterocycles. The highest BCUT2D eigenvalue weighted by Crippen LogP contribution is 2.39. The van der Waals surface area contributed by atoms with E-state index in [-0.39, 0.29) is 34.7 Å². The average molecular weight is 470 g/mol. The minimum absolute atomic E-state index is 0.0199. The summed E-state index contributed by atoms with van der Waals surface area (Å²) in [5.41, 5.74) is 7.23. The Bertz CT molecular complexity index is 1360. The summed E-state index contributed by atoms with van der Waals surface area (Å²) < 4.78 is 35.3. The van der Waals surface area contributed by atoms with Crippen LogP contribution in [0.2, 0.25) is 0 Å². The summed E-state index contributed by atoms with van der Waals surface area (Å²) in [6.07, 6.45) is 3.68. The average Bonchev–Trinajstić information content (AvgIpc) is 3.21. The number of fused-ring (bicyclic) bond motifs is 3. The van der Waals surface area contributed by atoms with Crippen molar-refractivity contribution in [1.82, 2.24) is 24.9 Å². The third-order valence-electron chi connectivity index (χ3n) is 5.84. The van der Waals surface area contributed by atoms with Gasteiger partial charge in [-0.05, 0) is 19.8 Å². The quantitative estimate of drug-likeness (QED) is 0.347. The number of aromatic nitrogens is 5. The second kappa shape index (κ2) is 8.61. The molecular weight excluding hydrogens is 446 g/mol. The molecule has 34 heavy (non-hydrogen) atoms. The van der Waals surface area contributed by atoms with Crippen molar-refractivity contribution in [3.63, 3.8) is 0 Å². The minimum atomic E-state index is -0.984. The van der Waals surface area contributed by atoms with E-state index in [0.717, 1.165) is 18.9 Å². The third-order valence-corrected chi connectivity index (χ3v) is 5.84. The van der Waals surface area contributed by atoms with E-state index >= 15 is 4.39 Å². The fourth-order valence-corrected chi connectivity index (χ4v) is 4.23. The molecule has 1 aliphatic heterocycles. The molecule has 0 radical (unpaired) electrons. The molecule has 1 fully saturated rings. The van der Waals surface area contributed by atoms with E-state index in [0.29, 0.717) is 35.5 Å². The van der Waals surface area contributed by atoms with Gasteiger partial charge < -0.3 is 30.8 Å². The maximum Gasteiger partial charge on any atom is 0.326 e. The Kier molecular flexibility index (Phi) is 5.62. The number of aliphatic hydroxyl groups excluding tert-OH is 1. The number of anilines is 2. The number of nitrogens with zero attached hydrogens (tertiary/aromatic N) is 5. The van der Waals surface area contributed by atoms with Crippen molar-refractivity contribution < 1.29 is 18.6 Å². The largest absolute Gasteiger partial charge is 0.421 e. The van der Waals surface area contributed by atoms with E-state index in [1.807, 2.05) is 4.90 Å². The number of H-pyrrole nitrogens is 1. The first-order valence-electron chi connectivity index (χ1n) is 10.9. The molecule has 12 heteroatoms. The molecule has 3 aromatic heterocycles. The third kappa shape index (κ3) is 3.84. The van der Waals surface area contributed by atoms with Crippen molar-refractivity contribution in [2.24, 2.45) is 5.73 Å². The maximum atomic E-state index is 15.1. The van der Waals surface area contributed by atoms with Gasteiger partial charge in [0, 0.05) is 32.2 Å². The number of hydrogen-bond acceptors (Lipinski definition) is 9. The lowest BCUT2D eigenvalue weighted by atomic mass is 10.1. The highest BCUT2D eigenvalue weighted by atomic mass is 19.2. The number of piperidine rings is 1. The molecule has 4 aromatic rings. The van der Waals surface area contributed by atoms with Gasteiger partial charge in [-0.1, -0.05) is 0 Å². The number of rotatable bonds is 5. The summed E-state index contributed by atoms with van der Waals surface area (Å²) in [5, 5.41) is 12.9. The van der Waals surface area contributed by atoms with Crippen molar-refractivity contribution >= 4 is 33.4 Å². The van der Waals surface area contributed by atoms with Gasteiger partial charge in [-0.15, -0.1) is 0 Å². The SMILES string of the molecule is CNc1cc(F)c(F)c2c1[nH]c1nc(Oc3cnc([C@H](C)O)nc3)nc(N3CCC[C@H](N)C3)c12. The normalized spacial score (nSPS) is 17.4. The summed E-state index contributed by atoms with van der Waals surface area (Å²) in [4.78, 5) is 22.1. The first-order valence-corrected chi connectivity index (χ1v) is 10.9. The van der Waals surface area contributed by atoms with Crippen LogP contribution in [0.15, 0.2) is 18.5 Å². The first-order chi connectivity index (χ1) is 16.4. The van der Waals surface area contributed by atoms with Crippen LogP contribution < -0.4 is 20.7 Å². The Balaban J connectivity index is 1.69. The fourth-order valence-electron chi connectivity index (χ4n) is 4.23.